The molecule has 1 aromatic carbocycles. The van der Waals surface area contributed by atoms with Crippen molar-refractivity contribution in [1.29, 1.82) is 0 Å². The fraction of sp³-hybridized carbons (Fsp3) is 0.182. The van der Waals surface area contributed by atoms with E-state index in [1.165, 1.54) is 0 Å². The van der Waals surface area contributed by atoms with Gasteiger partial charge < -0.3 is 4.74 Å². The molecule has 0 heterocycles. The molecule has 6 heteroatoms. The van der Waals surface area contributed by atoms with E-state index in [0.29, 0.717) is 6.07 Å². The number of ketones is 2. The number of Topliss-reactive ketones (excluding diaryl/α,β-unsaturated/α-hetero) is 2. The fourth-order valence-corrected chi connectivity index (χ4v) is 1.11. The first-order valence-electron chi connectivity index (χ1n) is 4.55. The number of hydrogen-bond acceptors (Lipinski definition) is 4. The predicted molar refractivity (Wildman–Crippen MR) is 52.3 cm³/mol. The van der Waals surface area contributed by atoms with Crippen LogP contribution in [0.25, 0.3) is 0 Å². The van der Waals surface area contributed by atoms with Crippen molar-refractivity contribution in [3.8, 4) is 0 Å². The number of methoxy groups -OCH3 is 1. The highest BCUT2D eigenvalue weighted by Crippen LogP contribution is 2.11. The minimum Gasteiger partial charge on any atom is -0.469 e. The number of carbonyl (C=O) groups is 3. The van der Waals surface area contributed by atoms with Gasteiger partial charge in [-0.15, -0.1) is 0 Å². The molecule has 0 radical (unpaired) electrons. The van der Waals surface area contributed by atoms with E-state index < -0.39 is 41.2 Å². The first-order valence-corrected chi connectivity index (χ1v) is 4.55. The van der Waals surface area contributed by atoms with Gasteiger partial charge >= 0.3 is 5.97 Å². The van der Waals surface area contributed by atoms with Gasteiger partial charge in [-0.1, -0.05) is 0 Å². The number of carbonyl (C=O) groups excluding carboxylic acids is 3. The third kappa shape index (κ3) is 3.17. The average Bonchev–Trinajstić information content (AvgIpc) is 2.31. The maximum absolute atomic E-state index is 13.1. The smallest absolute Gasteiger partial charge is 0.313 e. The quantitative estimate of drug-likeness (QED) is 0.345. The minimum atomic E-state index is -1.26. The highest BCUT2D eigenvalue weighted by atomic mass is 19.1. The van der Waals surface area contributed by atoms with E-state index in [0.717, 1.165) is 19.2 Å². The van der Waals surface area contributed by atoms with Crippen molar-refractivity contribution in [3.63, 3.8) is 0 Å². The van der Waals surface area contributed by atoms with Crippen LogP contribution in [-0.2, 0) is 14.3 Å². The molecular formula is C11H8F2O4. The van der Waals surface area contributed by atoms with E-state index in [2.05, 4.69) is 4.74 Å². The van der Waals surface area contributed by atoms with E-state index in [-0.39, 0.29) is 0 Å². The second kappa shape index (κ2) is 5.29. The first-order chi connectivity index (χ1) is 7.95. The molecule has 0 aliphatic heterocycles. The molecule has 1 aromatic rings. The van der Waals surface area contributed by atoms with Crippen LogP contribution in [0.2, 0.25) is 0 Å². The van der Waals surface area contributed by atoms with Gasteiger partial charge in [0, 0.05) is 0 Å². The molecule has 0 spiro atoms. The lowest BCUT2D eigenvalue weighted by molar-refractivity contribution is -0.142. The van der Waals surface area contributed by atoms with Gasteiger partial charge in [-0.25, -0.2) is 8.78 Å². The third-order valence-electron chi connectivity index (χ3n) is 1.96. The Kier molecular flexibility index (Phi) is 4.03. The van der Waals surface area contributed by atoms with Crippen molar-refractivity contribution in [2.24, 2.45) is 0 Å². The Morgan fingerprint density at radius 1 is 1.24 bits per heavy atom. The maximum atomic E-state index is 13.1. The highest BCUT2D eigenvalue weighted by Gasteiger charge is 2.23. The number of rotatable bonds is 4. The standard InChI is InChI=1S/C11H8F2O4/c1-17-10(15)5-9(14)11(16)7-4-6(12)2-3-8(7)13/h2-4H,5H2,1H3. The SMILES string of the molecule is COC(=O)CC(=O)C(=O)c1cc(F)ccc1F. The van der Waals surface area contributed by atoms with Crippen molar-refractivity contribution in [1.82, 2.24) is 0 Å². The molecule has 0 atom stereocenters. The Labute approximate surface area is 95.2 Å². The van der Waals surface area contributed by atoms with Crippen molar-refractivity contribution in [2.75, 3.05) is 7.11 Å². The second-order valence-corrected chi connectivity index (χ2v) is 3.13. The van der Waals surface area contributed by atoms with Crippen LogP contribution in [0.1, 0.15) is 16.8 Å². The van der Waals surface area contributed by atoms with E-state index in [4.69, 9.17) is 0 Å². The van der Waals surface area contributed by atoms with Crippen molar-refractivity contribution < 1.29 is 27.9 Å². The van der Waals surface area contributed by atoms with Gasteiger partial charge in [0.2, 0.25) is 11.6 Å². The van der Waals surface area contributed by atoms with Gasteiger partial charge in [0.05, 0.1) is 12.7 Å². The van der Waals surface area contributed by atoms with Gasteiger partial charge in [-0.2, -0.15) is 0 Å². The molecule has 90 valence electrons. The Morgan fingerprint density at radius 2 is 1.88 bits per heavy atom. The van der Waals surface area contributed by atoms with E-state index in [1.54, 1.807) is 0 Å². The van der Waals surface area contributed by atoms with Crippen LogP contribution in [0.15, 0.2) is 18.2 Å². The first kappa shape index (κ1) is 13.0. The lowest BCUT2D eigenvalue weighted by Crippen LogP contribution is -2.20. The molecule has 0 saturated carbocycles. The summed E-state index contributed by atoms with van der Waals surface area (Å²) in [5.74, 6) is -5.19. The van der Waals surface area contributed by atoms with E-state index >= 15 is 0 Å². The van der Waals surface area contributed by atoms with Gasteiger partial charge in [0.1, 0.15) is 18.1 Å². The van der Waals surface area contributed by atoms with Gasteiger partial charge in [-0.3, -0.25) is 14.4 Å². The van der Waals surface area contributed by atoms with Crippen LogP contribution in [-0.4, -0.2) is 24.6 Å². The predicted octanol–water partition coefficient (Wildman–Crippen LogP) is 1.28. The number of ether oxygens (including phenoxy) is 1. The fourth-order valence-electron chi connectivity index (χ4n) is 1.11. The van der Waals surface area contributed by atoms with Gasteiger partial charge in [0.15, 0.2) is 0 Å². The van der Waals surface area contributed by atoms with Gasteiger partial charge in [0.25, 0.3) is 0 Å². The number of benzene rings is 1. The van der Waals surface area contributed by atoms with Crippen LogP contribution >= 0.6 is 0 Å². The Balaban J connectivity index is 2.93. The van der Waals surface area contributed by atoms with Crippen LogP contribution in [0.3, 0.4) is 0 Å². The summed E-state index contributed by atoms with van der Waals surface area (Å²) in [6, 6.07) is 2.15. The normalized spacial score (nSPS) is 9.82. The van der Waals surface area contributed by atoms with Gasteiger partial charge in [-0.05, 0) is 18.2 Å². The number of halogens is 2. The summed E-state index contributed by atoms with van der Waals surface area (Å²) < 4.78 is 30.1. The third-order valence-corrected chi connectivity index (χ3v) is 1.96. The number of hydrogen-bond donors (Lipinski definition) is 0. The molecule has 0 saturated heterocycles. The summed E-state index contributed by atoms with van der Waals surface area (Å²) in [6.07, 6.45) is -0.800. The summed E-state index contributed by atoms with van der Waals surface area (Å²) in [5, 5.41) is 0. The van der Waals surface area contributed by atoms with Crippen molar-refractivity contribution in [3.05, 3.63) is 35.4 Å². The zero-order chi connectivity index (χ0) is 13.0. The minimum absolute atomic E-state index is 0.604. The van der Waals surface area contributed by atoms with Crippen LogP contribution in [0, 0.1) is 11.6 Å². The summed E-state index contributed by atoms with van der Waals surface area (Å²) in [4.78, 5) is 33.4. The average molecular weight is 242 g/mol. The van der Waals surface area contributed by atoms with Crippen LogP contribution < -0.4 is 0 Å². The molecule has 0 aliphatic rings. The zero-order valence-electron chi connectivity index (χ0n) is 8.83. The molecule has 0 aliphatic carbocycles. The van der Waals surface area contributed by atoms with E-state index in [9.17, 15) is 23.2 Å². The maximum Gasteiger partial charge on any atom is 0.313 e. The Morgan fingerprint density at radius 3 is 2.47 bits per heavy atom. The summed E-state index contributed by atoms with van der Waals surface area (Å²) in [6.45, 7) is 0. The molecule has 1 rings (SSSR count). The summed E-state index contributed by atoms with van der Waals surface area (Å²) in [5.41, 5.74) is -0.695. The molecule has 0 N–H and O–H groups in total. The molecule has 0 amide bonds. The molecule has 17 heavy (non-hydrogen) atoms. The molecular weight excluding hydrogens is 234 g/mol. The Bertz CT molecular complexity index is 482. The Hall–Kier alpha value is -2.11. The lowest BCUT2D eigenvalue weighted by Gasteiger charge is -2.01. The van der Waals surface area contributed by atoms with E-state index in [1.807, 2.05) is 0 Å². The number of esters is 1. The topological polar surface area (TPSA) is 60.4 Å². The molecule has 0 unspecified atom stereocenters. The monoisotopic (exact) mass is 242 g/mol. The van der Waals surface area contributed by atoms with Crippen molar-refractivity contribution >= 4 is 17.5 Å². The van der Waals surface area contributed by atoms with Crippen LogP contribution in [0.5, 0.6) is 0 Å². The molecule has 0 aromatic heterocycles. The summed E-state index contributed by atoms with van der Waals surface area (Å²) >= 11 is 0. The largest absolute Gasteiger partial charge is 0.469 e. The summed E-state index contributed by atoms with van der Waals surface area (Å²) in [7, 11) is 1.04. The molecule has 0 fully saturated rings. The molecule has 4 nitrogen and oxygen atoms in total. The zero-order valence-corrected chi connectivity index (χ0v) is 8.83. The van der Waals surface area contributed by atoms with Crippen molar-refractivity contribution in [2.45, 2.75) is 6.42 Å². The van der Waals surface area contributed by atoms with Crippen LogP contribution in [0.4, 0.5) is 8.78 Å². The molecule has 0 bridgehead atoms. The highest BCUT2D eigenvalue weighted by molar-refractivity contribution is 6.45. The second-order valence-electron chi connectivity index (χ2n) is 3.13. The lowest BCUT2D eigenvalue weighted by atomic mass is 10.0.